The molecule has 0 aromatic carbocycles. The van der Waals surface area contributed by atoms with Gasteiger partial charge in [0.15, 0.2) is 0 Å². The van der Waals surface area contributed by atoms with Gasteiger partial charge in [-0.15, -0.1) is 0 Å². The highest BCUT2D eigenvalue weighted by Gasteiger charge is 2.35. The quantitative estimate of drug-likeness (QED) is 0.753. The van der Waals surface area contributed by atoms with E-state index in [2.05, 4.69) is 17.3 Å². The number of carbonyl (C=O) groups excluding carboxylic acids is 1. The lowest BCUT2D eigenvalue weighted by atomic mass is 9.84. The molecule has 0 aromatic heterocycles. The van der Waals surface area contributed by atoms with Crippen LogP contribution in [-0.4, -0.2) is 54.6 Å². The van der Waals surface area contributed by atoms with Gasteiger partial charge in [-0.05, 0) is 52.6 Å². The Hall–Kier alpha value is -0.770. The molecule has 2 aliphatic heterocycles. The minimum atomic E-state index is 0.117. The zero-order chi connectivity index (χ0) is 12.4. The number of fused-ring (bicyclic) bond motifs is 1. The van der Waals surface area contributed by atoms with Gasteiger partial charge < -0.3 is 15.1 Å². The Bertz CT molecular complexity index is 280. The van der Waals surface area contributed by atoms with E-state index in [1.807, 2.05) is 18.7 Å². The monoisotopic (exact) mass is 239 g/mol. The number of piperidine rings is 2. The van der Waals surface area contributed by atoms with Crippen LogP contribution in [-0.2, 0) is 0 Å². The van der Waals surface area contributed by atoms with Gasteiger partial charge in [-0.3, -0.25) is 0 Å². The maximum absolute atomic E-state index is 12.0. The molecule has 0 aliphatic carbocycles. The summed E-state index contributed by atoms with van der Waals surface area (Å²) >= 11 is 0. The molecule has 2 rings (SSSR count). The van der Waals surface area contributed by atoms with E-state index >= 15 is 0 Å². The van der Waals surface area contributed by atoms with Crippen molar-refractivity contribution < 1.29 is 4.79 Å². The number of amides is 2. The van der Waals surface area contributed by atoms with Crippen LogP contribution in [0.1, 0.15) is 33.1 Å². The summed E-state index contributed by atoms with van der Waals surface area (Å²) in [7, 11) is 2.22. The summed E-state index contributed by atoms with van der Waals surface area (Å²) < 4.78 is 0. The van der Waals surface area contributed by atoms with Crippen molar-refractivity contribution in [3.8, 4) is 0 Å². The van der Waals surface area contributed by atoms with Crippen LogP contribution >= 0.6 is 0 Å². The molecule has 0 bridgehead atoms. The van der Waals surface area contributed by atoms with Crippen molar-refractivity contribution in [2.24, 2.45) is 5.92 Å². The maximum atomic E-state index is 12.0. The SMILES string of the molecule is CC(C)NC(=O)N1CCC2C(CCCN2C)C1. The lowest BCUT2D eigenvalue weighted by molar-refractivity contribution is 0.0512. The third kappa shape index (κ3) is 2.92. The van der Waals surface area contributed by atoms with Crippen LogP contribution in [0.4, 0.5) is 4.79 Å². The molecule has 2 heterocycles. The number of likely N-dealkylation sites (tertiary alicyclic amines) is 2. The average molecular weight is 239 g/mol. The largest absolute Gasteiger partial charge is 0.336 e. The van der Waals surface area contributed by atoms with E-state index in [9.17, 15) is 4.79 Å². The second-order valence-corrected chi connectivity index (χ2v) is 5.79. The summed E-state index contributed by atoms with van der Waals surface area (Å²) in [5.41, 5.74) is 0. The van der Waals surface area contributed by atoms with Gasteiger partial charge in [0.1, 0.15) is 0 Å². The molecule has 4 nitrogen and oxygen atoms in total. The minimum Gasteiger partial charge on any atom is -0.336 e. The van der Waals surface area contributed by atoms with Gasteiger partial charge in [-0.25, -0.2) is 4.79 Å². The normalized spacial score (nSPS) is 30.2. The topological polar surface area (TPSA) is 35.6 Å². The predicted molar refractivity (Wildman–Crippen MR) is 69.0 cm³/mol. The molecule has 2 saturated heterocycles. The van der Waals surface area contributed by atoms with Crippen LogP contribution in [0.25, 0.3) is 0 Å². The highest BCUT2D eigenvalue weighted by molar-refractivity contribution is 5.74. The van der Waals surface area contributed by atoms with Crippen molar-refractivity contribution in [2.45, 2.75) is 45.2 Å². The Kier molecular flexibility index (Phi) is 3.92. The fourth-order valence-electron chi connectivity index (χ4n) is 3.18. The number of rotatable bonds is 1. The maximum Gasteiger partial charge on any atom is 0.317 e. The van der Waals surface area contributed by atoms with E-state index in [-0.39, 0.29) is 12.1 Å². The van der Waals surface area contributed by atoms with E-state index in [0.29, 0.717) is 12.0 Å². The molecule has 2 fully saturated rings. The number of hydrogen-bond donors (Lipinski definition) is 1. The Morgan fingerprint density at radius 3 is 2.76 bits per heavy atom. The van der Waals surface area contributed by atoms with Crippen molar-refractivity contribution in [3.05, 3.63) is 0 Å². The van der Waals surface area contributed by atoms with Gasteiger partial charge in [-0.2, -0.15) is 0 Å². The van der Waals surface area contributed by atoms with Gasteiger partial charge in [-0.1, -0.05) is 0 Å². The van der Waals surface area contributed by atoms with E-state index < -0.39 is 0 Å². The summed E-state index contributed by atoms with van der Waals surface area (Å²) in [6.07, 6.45) is 3.68. The van der Waals surface area contributed by atoms with Crippen LogP contribution in [0, 0.1) is 5.92 Å². The molecule has 2 amide bonds. The van der Waals surface area contributed by atoms with Crippen molar-refractivity contribution in [2.75, 3.05) is 26.7 Å². The van der Waals surface area contributed by atoms with Gasteiger partial charge in [0.25, 0.3) is 0 Å². The summed E-state index contributed by atoms with van der Waals surface area (Å²) in [5.74, 6) is 0.681. The van der Waals surface area contributed by atoms with Gasteiger partial charge in [0, 0.05) is 25.2 Å². The van der Waals surface area contributed by atoms with E-state index in [1.165, 1.54) is 19.4 Å². The number of urea groups is 1. The van der Waals surface area contributed by atoms with E-state index in [0.717, 1.165) is 19.5 Å². The lowest BCUT2D eigenvalue weighted by Crippen LogP contribution is -2.56. The Balaban J connectivity index is 1.91. The predicted octanol–water partition coefficient (Wildman–Crippen LogP) is 1.52. The number of hydrogen-bond acceptors (Lipinski definition) is 2. The summed E-state index contributed by atoms with van der Waals surface area (Å²) in [4.78, 5) is 16.4. The number of nitrogens with zero attached hydrogens (tertiary/aromatic N) is 2. The van der Waals surface area contributed by atoms with E-state index in [4.69, 9.17) is 0 Å². The third-order valence-corrected chi connectivity index (χ3v) is 4.05. The first kappa shape index (κ1) is 12.7. The highest BCUT2D eigenvalue weighted by Crippen LogP contribution is 2.29. The average Bonchev–Trinajstić information content (AvgIpc) is 2.28. The van der Waals surface area contributed by atoms with Gasteiger partial charge in [0.2, 0.25) is 0 Å². The van der Waals surface area contributed by atoms with Gasteiger partial charge in [0.05, 0.1) is 0 Å². The highest BCUT2D eigenvalue weighted by atomic mass is 16.2. The Morgan fingerprint density at radius 2 is 2.06 bits per heavy atom. The third-order valence-electron chi connectivity index (χ3n) is 4.05. The molecule has 0 spiro atoms. The van der Waals surface area contributed by atoms with Crippen LogP contribution in [0.5, 0.6) is 0 Å². The molecule has 1 N–H and O–H groups in total. The minimum absolute atomic E-state index is 0.117. The molecular formula is C13H25N3O. The molecule has 0 aromatic rings. The number of carbonyl (C=O) groups is 1. The van der Waals surface area contributed by atoms with Crippen molar-refractivity contribution in [3.63, 3.8) is 0 Å². The molecular weight excluding hydrogens is 214 g/mol. The first-order chi connectivity index (χ1) is 8.08. The van der Waals surface area contributed by atoms with E-state index in [1.54, 1.807) is 0 Å². The first-order valence-corrected chi connectivity index (χ1v) is 6.83. The molecule has 0 saturated carbocycles. The zero-order valence-corrected chi connectivity index (χ0v) is 11.3. The van der Waals surface area contributed by atoms with Crippen molar-refractivity contribution in [1.29, 1.82) is 0 Å². The standard InChI is InChI=1S/C13H25N3O/c1-10(2)14-13(17)16-8-6-12-11(9-16)5-4-7-15(12)3/h10-12H,4-9H2,1-3H3,(H,14,17). The second kappa shape index (κ2) is 5.25. The fraction of sp³-hybridized carbons (Fsp3) is 0.923. The molecule has 17 heavy (non-hydrogen) atoms. The fourth-order valence-corrected chi connectivity index (χ4v) is 3.18. The Labute approximate surface area is 104 Å². The summed E-state index contributed by atoms with van der Waals surface area (Å²) in [5, 5.41) is 2.99. The van der Waals surface area contributed by atoms with Crippen LogP contribution < -0.4 is 5.32 Å². The summed E-state index contributed by atoms with van der Waals surface area (Å²) in [6.45, 7) is 7.09. The zero-order valence-electron chi connectivity index (χ0n) is 11.3. The molecule has 4 heteroatoms. The van der Waals surface area contributed by atoms with Crippen LogP contribution in [0.2, 0.25) is 0 Å². The molecule has 2 atom stereocenters. The van der Waals surface area contributed by atoms with Crippen molar-refractivity contribution >= 4 is 6.03 Å². The second-order valence-electron chi connectivity index (χ2n) is 5.79. The van der Waals surface area contributed by atoms with Crippen molar-refractivity contribution in [1.82, 2.24) is 15.1 Å². The molecule has 98 valence electrons. The smallest absolute Gasteiger partial charge is 0.317 e. The summed E-state index contributed by atoms with van der Waals surface area (Å²) in [6, 6.07) is 1.05. The van der Waals surface area contributed by atoms with Gasteiger partial charge >= 0.3 is 6.03 Å². The van der Waals surface area contributed by atoms with Crippen LogP contribution in [0.15, 0.2) is 0 Å². The molecule has 2 aliphatic rings. The first-order valence-electron chi connectivity index (χ1n) is 6.83. The molecule has 2 unspecified atom stereocenters. The Morgan fingerprint density at radius 1 is 1.29 bits per heavy atom. The molecule has 0 radical (unpaired) electrons. The van der Waals surface area contributed by atoms with Crippen LogP contribution in [0.3, 0.4) is 0 Å². The lowest BCUT2D eigenvalue weighted by Gasteiger charge is -2.46. The number of nitrogens with one attached hydrogen (secondary N) is 1.